The Morgan fingerprint density at radius 3 is 2.21 bits per heavy atom. The lowest BCUT2D eigenvalue weighted by atomic mass is 10.0. The van der Waals surface area contributed by atoms with Gasteiger partial charge in [0.25, 0.3) is 5.91 Å². The quantitative estimate of drug-likeness (QED) is 0.809. The molecule has 1 saturated heterocycles. The summed E-state index contributed by atoms with van der Waals surface area (Å²) in [6.45, 7) is 1.96. The third-order valence-electron chi connectivity index (χ3n) is 4.45. The molecule has 0 saturated carbocycles. The summed E-state index contributed by atoms with van der Waals surface area (Å²) >= 11 is 0. The van der Waals surface area contributed by atoms with Crippen molar-refractivity contribution in [2.75, 3.05) is 7.05 Å². The van der Waals surface area contributed by atoms with Gasteiger partial charge in [0.15, 0.2) is 0 Å². The predicted molar refractivity (Wildman–Crippen MR) is 94.1 cm³/mol. The highest BCUT2D eigenvalue weighted by Crippen LogP contribution is 2.34. The Labute approximate surface area is 142 Å². The van der Waals surface area contributed by atoms with E-state index in [-0.39, 0.29) is 24.0 Å². The number of rotatable bonds is 3. The SMILES string of the molecule is C[C@@H]1[C@H](c2ccccc2)N(C(=O)/C=C/c2ccccc2)C(=O)N1C. The van der Waals surface area contributed by atoms with E-state index in [1.165, 1.54) is 11.0 Å². The molecule has 0 radical (unpaired) electrons. The topological polar surface area (TPSA) is 40.6 Å². The molecular formula is C20H20N2O2. The smallest absolute Gasteiger partial charge is 0.322 e. The van der Waals surface area contributed by atoms with E-state index >= 15 is 0 Å². The number of benzene rings is 2. The van der Waals surface area contributed by atoms with E-state index in [0.717, 1.165) is 11.1 Å². The Balaban J connectivity index is 1.90. The van der Waals surface area contributed by atoms with Crippen molar-refractivity contribution >= 4 is 18.0 Å². The zero-order valence-electron chi connectivity index (χ0n) is 13.8. The van der Waals surface area contributed by atoms with Gasteiger partial charge in [0, 0.05) is 13.1 Å². The van der Waals surface area contributed by atoms with Crippen molar-refractivity contribution in [1.82, 2.24) is 9.80 Å². The van der Waals surface area contributed by atoms with Gasteiger partial charge in [0.2, 0.25) is 0 Å². The van der Waals surface area contributed by atoms with Gasteiger partial charge < -0.3 is 4.90 Å². The molecule has 0 aromatic heterocycles. The van der Waals surface area contributed by atoms with E-state index in [1.54, 1.807) is 18.0 Å². The molecule has 4 nitrogen and oxygen atoms in total. The Morgan fingerprint density at radius 1 is 1.00 bits per heavy atom. The number of carbonyl (C=O) groups excluding carboxylic acids is 2. The number of hydrogen-bond donors (Lipinski definition) is 0. The molecule has 1 aliphatic heterocycles. The number of nitrogens with zero attached hydrogens (tertiary/aromatic N) is 2. The fraction of sp³-hybridized carbons (Fsp3) is 0.200. The normalized spacial score (nSPS) is 20.8. The first-order chi connectivity index (χ1) is 11.6. The molecule has 2 aromatic carbocycles. The summed E-state index contributed by atoms with van der Waals surface area (Å²) in [6, 6.07) is 18.6. The molecule has 3 rings (SSSR count). The average molecular weight is 320 g/mol. The number of likely N-dealkylation sites (N-methyl/N-ethyl adjacent to an activating group) is 1. The Hall–Kier alpha value is -2.88. The van der Waals surface area contributed by atoms with Crippen molar-refractivity contribution in [3.63, 3.8) is 0 Å². The molecule has 24 heavy (non-hydrogen) atoms. The molecule has 122 valence electrons. The van der Waals surface area contributed by atoms with E-state index in [4.69, 9.17) is 0 Å². The van der Waals surface area contributed by atoms with Crippen LogP contribution in [0.25, 0.3) is 6.08 Å². The lowest BCUT2D eigenvalue weighted by molar-refractivity contribution is -0.124. The minimum Gasteiger partial charge on any atom is -0.322 e. The van der Waals surface area contributed by atoms with Crippen LogP contribution in [0.5, 0.6) is 0 Å². The largest absolute Gasteiger partial charge is 0.327 e. The highest BCUT2D eigenvalue weighted by atomic mass is 16.2. The maximum Gasteiger partial charge on any atom is 0.327 e. The van der Waals surface area contributed by atoms with Crippen molar-refractivity contribution in [2.45, 2.75) is 19.0 Å². The first-order valence-corrected chi connectivity index (χ1v) is 7.97. The van der Waals surface area contributed by atoms with Crippen LogP contribution in [0.3, 0.4) is 0 Å². The minimum absolute atomic E-state index is 0.0750. The molecule has 0 spiro atoms. The molecule has 1 fully saturated rings. The first kappa shape index (κ1) is 16.0. The van der Waals surface area contributed by atoms with Gasteiger partial charge >= 0.3 is 6.03 Å². The average Bonchev–Trinajstić information content (AvgIpc) is 2.85. The molecule has 1 aliphatic rings. The molecule has 3 amide bonds. The summed E-state index contributed by atoms with van der Waals surface area (Å²) in [7, 11) is 1.73. The standard InChI is InChI=1S/C20H20N2O2/c1-15-19(17-11-7-4-8-12-17)22(20(24)21(15)2)18(23)14-13-16-9-5-3-6-10-16/h3-15,19H,1-2H3/b14-13+/t15-,19-/m1/s1. The minimum atomic E-state index is -0.297. The van der Waals surface area contributed by atoms with Gasteiger partial charge in [0.05, 0.1) is 12.1 Å². The molecule has 0 aliphatic carbocycles. The molecular weight excluding hydrogens is 300 g/mol. The third-order valence-corrected chi connectivity index (χ3v) is 4.45. The summed E-state index contributed by atoms with van der Waals surface area (Å²) in [5.74, 6) is -0.297. The van der Waals surface area contributed by atoms with Crippen LogP contribution in [0.4, 0.5) is 4.79 Å². The lowest BCUT2D eigenvalue weighted by Gasteiger charge is -2.23. The molecule has 0 bridgehead atoms. The van der Waals surface area contributed by atoms with E-state index in [1.807, 2.05) is 67.6 Å². The van der Waals surface area contributed by atoms with E-state index in [0.29, 0.717) is 0 Å². The Kier molecular flexibility index (Phi) is 4.47. The van der Waals surface area contributed by atoms with Crippen LogP contribution in [0.1, 0.15) is 24.1 Å². The van der Waals surface area contributed by atoms with E-state index < -0.39 is 0 Å². The van der Waals surface area contributed by atoms with Crippen LogP contribution in [-0.2, 0) is 4.79 Å². The maximum absolute atomic E-state index is 12.7. The van der Waals surface area contributed by atoms with E-state index in [9.17, 15) is 9.59 Å². The highest BCUT2D eigenvalue weighted by Gasteiger charge is 2.44. The van der Waals surface area contributed by atoms with Crippen LogP contribution >= 0.6 is 0 Å². The van der Waals surface area contributed by atoms with Gasteiger partial charge in [-0.2, -0.15) is 0 Å². The second-order valence-corrected chi connectivity index (χ2v) is 5.94. The number of hydrogen-bond acceptors (Lipinski definition) is 2. The first-order valence-electron chi connectivity index (χ1n) is 7.97. The number of amides is 3. The lowest BCUT2D eigenvalue weighted by Crippen LogP contribution is -2.35. The molecule has 1 heterocycles. The second kappa shape index (κ2) is 6.71. The number of imide groups is 1. The molecule has 2 aromatic rings. The monoisotopic (exact) mass is 320 g/mol. The van der Waals surface area contributed by atoms with Gasteiger partial charge in [0.1, 0.15) is 0 Å². The summed E-state index contributed by atoms with van der Waals surface area (Å²) in [5, 5.41) is 0. The fourth-order valence-corrected chi connectivity index (χ4v) is 3.01. The van der Waals surface area contributed by atoms with Crippen molar-refractivity contribution in [2.24, 2.45) is 0 Å². The van der Waals surface area contributed by atoms with Crippen molar-refractivity contribution < 1.29 is 9.59 Å². The van der Waals surface area contributed by atoms with Crippen LogP contribution in [0, 0.1) is 0 Å². The van der Waals surface area contributed by atoms with Crippen LogP contribution in [0.2, 0.25) is 0 Å². The van der Waals surface area contributed by atoms with Gasteiger partial charge in [-0.05, 0) is 24.1 Å². The summed E-state index contributed by atoms with van der Waals surface area (Å²) in [6.07, 6.45) is 3.20. The highest BCUT2D eigenvalue weighted by molar-refractivity contribution is 6.04. The maximum atomic E-state index is 12.7. The third kappa shape index (κ3) is 2.95. The van der Waals surface area contributed by atoms with E-state index in [2.05, 4.69) is 0 Å². The van der Waals surface area contributed by atoms with Gasteiger partial charge in [-0.3, -0.25) is 9.69 Å². The molecule has 2 atom stereocenters. The van der Waals surface area contributed by atoms with Crippen molar-refractivity contribution in [3.8, 4) is 0 Å². The zero-order valence-corrected chi connectivity index (χ0v) is 13.8. The van der Waals surface area contributed by atoms with Crippen LogP contribution in [-0.4, -0.2) is 34.8 Å². The fourth-order valence-electron chi connectivity index (χ4n) is 3.01. The van der Waals surface area contributed by atoms with Crippen LogP contribution < -0.4 is 0 Å². The zero-order chi connectivity index (χ0) is 17.1. The Morgan fingerprint density at radius 2 is 1.58 bits per heavy atom. The number of carbonyl (C=O) groups is 2. The summed E-state index contributed by atoms with van der Waals surface area (Å²) in [5.41, 5.74) is 1.89. The summed E-state index contributed by atoms with van der Waals surface area (Å²) in [4.78, 5) is 28.2. The van der Waals surface area contributed by atoms with Gasteiger partial charge in [-0.1, -0.05) is 60.7 Å². The van der Waals surface area contributed by atoms with Crippen molar-refractivity contribution in [1.29, 1.82) is 0 Å². The Bertz CT molecular complexity index is 756. The van der Waals surface area contributed by atoms with Crippen LogP contribution in [0.15, 0.2) is 66.7 Å². The molecule has 0 unspecified atom stereocenters. The van der Waals surface area contributed by atoms with Crippen molar-refractivity contribution in [3.05, 3.63) is 77.9 Å². The van der Waals surface area contributed by atoms with Gasteiger partial charge in [-0.15, -0.1) is 0 Å². The molecule has 0 N–H and O–H groups in total. The number of urea groups is 1. The molecule has 4 heteroatoms. The predicted octanol–water partition coefficient (Wildman–Crippen LogP) is 3.72. The second-order valence-electron chi connectivity index (χ2n) is 5.94. The van der Waals surface area contributed by atoms with Gasteiger partial charge in [-0.25, -0.2) is 4.79 Å². The summed E-state index contributed by atoms with van der Waals surface area (Å²) < 4.78 is 0.